The minimum atomic E-state index is -4.28. The molecule has 10 rings (SSSR count). The smallest absolute Gasteiger partial charge is 0.456 e. The predicted octanol–water partition coefficient (Wildman–Crippen LogP) is 27.7. The zero-order valence-electron chi connectivity index (χ0n) is 58.0. The normalized spacial score (nSPS) is 18.7. The van der Waals surface area contributed by atoms with Crippen LogP contribution in [-0.2, 0) is 4.57 Å². The van der Waals surface area contributed by atoms with E-state index in [1.54, 1.807) is 0 Å². The van der Waals surface area contributed by atoms with E-state index in [1.807, 2.05) is 30.3 Å². The number of unbranched alkanes of at least 4 members (excludes halogenated alkanes) is 32. The monoisotopic (exact) mass is 1570 g/mol. The Kier molecular flexibility index (Phi) is 30.1. The summed E-state index contributed by atoms with van der Waals surface area (Å²) in [6.07, 6.45) is 47.3. The first-order chi connectivity index (χ1) is 46.6. The Balaban J connectivity index is 1.21. The molecule has 5 aromatic rings. The third kappa shape index (κ3) is 18.8. The number of benzene rings is 5. The Bertz CT molecular complexity index is 3110. The highest BCUT2D eigenvalue weighted by atomic mass is 79.9. The lowest BCUT2D eigenvalue weighted by molar-refractivity contribution is 0.0998. The fourth-order valence-electron chi connectivity index (χ4n) is 15.7. The summed E-state index contributed by atoms with van der Waals surface area (Å²) in [7, 11) is -4.28. The summed E-state index contributed by atoms with van der Waals surface area (Å²) >= 11 is 17.0. The molecule has 4 aliphatic heterocycles. The van der Waals surface area contributed by atoms with Crippen LogP contribution in [-0.4, -0.2) is 20.4 Å². The van der Waals surface area contributed by atoms with Crippen LogP contribution in [0.15, 0.2) is 72.5 Å². The van der Waals surface area contributed by atoms with Crippen LogP contribution in [0.1, 0.15) is 353 Å². The van der Waals surface area contributed by atoms with Crippen molar-refractivity contribution < 1.29 is 42.0 Å². The predicted molar refractivity (Wildman–Crippen MR) is 405 cm³/mol. The van der Waals surface area contributed by atoms with Crippen molar-refractivity contribution >= 4 is 76.6 Å². The highest BCUT2D eigenvalue weighted by Crippen LogP contribution is 2.64. The summed E-state index contributed by atoms with van der Waals surface area (Å²) in [6.45, 7) is 8.98. The van der Waals surface area contributed by atoms with E-state index >= 15 is 4.57 Å². The van der Waals surface area contributed by atoms with Gasteiger partial charge in [-0.1, -0.05) is 277 Å². The van der Waals surface area contributed by atoms with Crippen molar-refractivity contribution in [3.8, 4) is 46.0 Å². The third-order valence-corrected chi connectivity index (χ3v) is 25.7. The van der Waals surface area contributed by atoms with Crippen LogP contribution in [0.2, 0.25) is 0 Å². The van der Waals surface area contributed by atoms with Crippen molar-refractivity contribution in [2.75, 3.05) is 20.4 Å². The average molecular weight is 1580 g/mol. The summed E-state index contributed by atoms with van der Waals surface area (Å²) in [6, 6.07) is 19.2. The zero-order chi connectivity index (χ0) is 66.4. The molecular weight excluding hydrogens is 1470 g/mol. The van der Waals surface area contributed by atoms with E-state index < -0.39 is 7.60 Å². The van der Waals surface area contributed by atoms with Crippen LogP contribution < -0.4 is 42.8 Å². The minimum absolute atomic E-state index is 0.0205. The van der Waals surface area contributed by atoms with Gasteiger partial charge in [0.15, 0.2) is 11.5 Å². The van der Waals surface area contributed by atoms with Crippen molar-refractivity contribution in [3.05, 3.63) is 117 Å². The number of halogens is 4. The Morgan fingerprint density at radius 3 is 0.726 bits per heavy atom. The molecular formula is C81H111Br4O9P. The van der Waals surface area contributed by atoms with Crippen molar-refractivity contribution in [2.45, 2.75) is 308 Å². The van der Waals surface area contributed by atoms with E-state index in [0.717, 1.165) is 154 Å². The molecule has 9 nitrogen and oxygen atoms in total. The molecule has 1 aliphatic carbocycles. The molecule has 4 heterocycles. The van der Waals surface area contributed by atoms with Crippen molar-refractivity contribution in [1.29, 1.82) is 0 Å². The van der Waals surface area contributed by atoms with E-state index in [1.165, 1.54) is 180 Å². The maximum absolute atomic E-state index is 16.6. The molecule has 5 aromatic carbocycles. The van der Waals surface area contributed by atoms with Crippen LogP contribution in [0.5, 0.6) is 46.0 Å². The van der Waals surface area contributed by atoms with Crippen LogP contribution in [0, 0.1) is 0 Å². The molecule has 0 fully saturated rings. The van der Waals surface area contributed by atoms with Gasteiger partial charge in [-0.2, -0.15) is 0 Å². The molecule has 522 valence electrons. The first kappa shape index (κ1) is 74.3. The van der Waals surface area contributed by atoms with E-state index in [0.29, 0.717) is 37.2 Å². The first-order valence-corrected chi connectivity index (χ1v) is 42.6. The molecule has 0 N–H and O–H groups in total. The van der Waals surface area contributed by atoms with E-state index in [2.05, 4.69) is 116 Å². The largest absolute Gasteiger partial charge is 0.462 e. The molecule has 5 aliphatic rings. The lowest BCUT2D eigenvalue weighted by Crippen LogP contribution is -2.24. The van der Waals surface area contributed by atoms with Gasteiger partial charge in [-0.05, 0) is 126 Å². The van der Waals surface area contributed by atoms with Gasteiger partial charge in [-0.3, -0.25) is 0 Å². The number of ether oxygens (including phenoxy) is 6. The fraction of sp³-hybridized carbons (Fsp3) is 0.630. The highest BCUT2D eigenvalue weighted by molar-refractivity contribution is 9.11. The molecule has 14 heteroatoms. The second kappa shape index (κ2) is 38.5. The van der Waals surface area contributed by atoms with Crippen LogP contribution in [0.4, 0.5) is 0 Å². The van der Waals surface area contributed by atoms with Crippen molar-refractivity contribution in [1.82, 2.24) is 0 Å². The van der Waals surface area contributed by atoms with Crippen LogP contribution in [0.25, 0.3) is 0 Å². The third-order valence-electron chi connectivity index (χ3n) is 21.0. The molecule has 3 unspecified atom stereocenters. The molecule has 0 saturated carbocycles. The SMILES string of the molecule is CCCCCCCCCCCC1c2cc3c4c(Br)c2OCOc2c1cc1c(c2Br)OCOc2c(cc5c(c2Br)OP(=O)(c2ccccc2)Oc2c(cc(c(c2Br)OCO4)[C@@H]3CCCCCCCCCCC)C5CCCCCCCCCCC)[C@H]1CCCCCCCCCCC. The van der Waals surface area contributed by atoms with Gasteiger partial charge in [0.05, 0.1) is 5.30 Å². The van der Waals surface area contributed by atoms with Crippen LogP contribution in [0.3, 0.4) is 0 Å². The van der Waals surface area contributed by atoms with Gasteiger partial charge in [0.1, 0.15) is 52.4 Å². The van der Waals surface area contributed by atoms with Gasteiger partial charge in [-0.15, -0.1) is 0 Å². The van der Waals surface area contributed by atoms with Crippen molar-refractivity contribution in [2.24, 2.45) is 0 Å². The average Bonchev–Trinajstić information content (AvgIpc) is 0.725. The molecule has 95 heavy (non-hydrogen) atoms. The Morgan fingerprint density at radius 2 is 0.495 bits per heavy atom. The summed E-state index contributed by atoms with van der Waals surface area (Å²) < 4.78 is 76.0. The maximum atomic E-state index is 16.6. The molecule has 5 atom stereocenters. The Morgan fingerprint density at radius 1 is 0.295 bits per heavy atom. The molecule has 8 bridgehead atoms. The summed E-state index contributed by atoms with van der Waals surface area (Å²) in [4.78, 5) is 0. The maximum Gasteiger partial charge on any atom is 0.462 e. The van der Waals surface area contributed by atoms with Crippen molar-refractivity contribution in [3.63, 3.8) is 0 Å². The van der Waals surface area contributed by atoms with Gasteiger partial charge < -0.3 is 37.5 Å². The van der Waals surface area contributed by atoms with Gasteiger partial charge in [0, 0.05) is 68.2 Å². The quantitative estimate of drug-likeness (QED) is 0.0280. The number of rotatable bonds is 41. The molecule has 0 aromatic heterocycles. The van der Waals surface area contributed by atoms with Gasteiger partial charge in [-0.25, -0.2) is 4.57 Å². The first-order valence-electron chi connectivity index (χ1n) is 37.9. The standard InChI is InChI=1S/C81H111Br4O9P/c1-5-9-13-17-21-25-29-33-40-46-58-62-50-64-59(47-41-34-30-26-22-18-14-10-6-2)66-52-68-61(49-43-36-32-28-24-20-16-12-8-4)69-53-67-60(48-42-35-31-27-23-19-15-11-7-3)65-51-63(58)75-71(83)77(65)90-56-92-79(67)73(85)81(69)94-95(86,57-44-38-37-39-45-57)93-80(68)72(84)78(66)91-55-89-76(64)70(82)74(62)87-54-88-75/h37-39,44-45,50-53,58-61H,5-36,40-43,46-49,54-56H2,1-4H3/t58?,59-,60+,61?,95?. The topological polar surface area (TPSA) is 90.9 Å². The van der Waals surface area contributed by atoms with E-state index in [4.69, 9.17) is 37.5 Å². The van der Waals surface area contributed by atoms with Gasteiger partial charge >= 0.3 is 7.60 Å². The number of hydrogen-bond acceptors (Lipinski definition) is 9. The minimum Gasteiger partial charge on any atom is -0.456 e. The lowest BCUT2D eigenvalue weighted by Gasteiger charge is -2.37. The van der Waals surface area contributed by atoms with E-state index in [9.17, 15) is 0 Å². The Hall–Kier alpha value is -3.35. The molecule has 0 saturated heterocycles. The highest BCUT2D eigenvalue weighted by Gasteiger charge is 2.45. The number of hydrogen-bond donors (Lipinski definition) is 0. The van der Waals surface area contributed by atoms with Crippen LogP contribution >= 0.6 is 71.3 Å². The zero-order valence-corrected chi connectivity index (χ0v) is 65.3. The molecule has 0 spiro atoms. The molecule has 0 amide bonds. The summed E-state index contributed by atoms with van der Waals surface area (Å²) in [5.41, 5.74) is 8.51. The lowest BCUT2D eigenvalue weighted by atomic mass is 9.76. The Labute approximate surface area is 605 Å². The van der Waals surface area contributed by atoms with Gasteiger partial charge in [0.25, 0.3) is 0 Å². The second-order valence-corrected chi connectivity index (χ2v) is 33.1. The summed E-state index contributed by atoms with van der Waals surface area (Å²) in [5, 5.41) is 0.445. The van der Waals surface area contributed by atoms with Gasteiger partial charge in [0.2, 0.25) is 20.4 Å². The van der Waals surface area contributed by atoms with E-state index in [-0.39, 0.29) is 44.1 Å². The molecule has 0 radical (unpaired) electrons. The fourth-order valence-corrected chi connectivity index (χ4v) is 20.3. The second-order valence-electron chi connectivity index (χ2n) is 28.0. The summed E-state index contributed by atoms with van der Waals surface area (Å²) in [5.74, 6) is 4.41.